The highest BCUT2D eigenvalue weighted by Crippen LogP contribution is 2.13. The third-order valence-corrected chi connectivity index (χ3v) is 3.88. The first-order valence-electron chi connectivity index (χ1n) is 8.10. The number of aliphatic hydroxyl groups is 1. The Bertz CT molecular complexity index is 150. The van der Waals surface area contributed by atoms with Crippen LogP contribution in [0.15, 0.2) is 0 Å². The van der Waals surface area contributed by atoms with Crippen LogP contribution < -0.4 is 0 Å². The molecule has 1 N–H and O–H groups in total. The molecule has 0 heterocycles. The Morgan fingerprint density at radius 1 is 0.722 bits per heavy atom. The highest BCUT2D eigenvalue weighted by Gasteiger charge is 2.01. The molecule has 0 radical (unpaired) electrons. The summed E-state index contributed by atoms with van der Waals surface area (Å²) in [5.74, 6) is 1.05. The van der Waals surface area contributed by atoms with Crippen LogP contribution in [0.25, 0.3) is 0 Å². The smallest absolute Gasteiger partial charge is 0.0540 e. The zero-order valence-electron chi connectivity index (χ0n) is 12.4. The maximum absolute atomic E-state index is 9.59. The fraction of sp³-hybridized carbons (Fsp3) is 1.00. The molecular formula is C16H34OS. The van der Waals surface area contributed by atoms with Crippen molar-refractivity contribution < 1.29 is 5.11 Å². The minimum absolute atomic E-state index is 0.0400. The molecule has 1 nitrogen and oxygen atoms in total. The molecule has 0 saturated heterocycles. The Kier molecular flexibility index (Phi) is 15.6. The molecule has 0 amide bonds. The summed E-state index contributed by atoms with van der Waals surface area (Å²) in [6.07, 6.45) is 16.6. The van der Waals surface area contributed by atoms with E-state index in [1.807, 2.05) is 0 Å². The van der Waals surface area contributed by atoms with E-state index in [-0.39, 0.29) is 6.10 Å². The van der Waals surface area contributed by atoms with Crippen LogP contribution in [0, 0.1) is 0 Å². The van der Waals surface area contributed by atoms with Crippen molar-refractivity contribution >= 4 is 12.6 Å². The lowest BCUT2D eigenvalue weighted by molar-refractivity contribution is 0.150. The molecule has 0 bridgehead atoms. The van der Waals surface area contributed by atoms with Crippen molar-refractivity contribution in [2.45, 2.75) is 96.5 Å². The van der Waals surface area contributed by atoms with Gasteiger partial charge in [0, 0.05) is 0 Å². The third-order valence-electron chi connectivity index (χ3n) is 3.57. The van der Waals surface area contributed by atoms with E-state index in [9.17, 15) is 5.11 Å². The lowest BCUT2D eigenvalue weighted by Crippen LogP contribution is -2.04. The molecule has 18 heavy (non-hydrogen) atoms. The van der Waals surface area contributed by atoms with Gasteiger partial charge in [-0.05, 0) is 25.0 Å². The molecule has 0 saturated carbocycles. The summed E-state index contributed by atoms with van der Waals surface area (Å²) < 4.78 is 0. The van der Waals surface area contributed by atoms with E-state index in [1.165, 1.54) is 64.2 Å². The Morgan fingerprint density at radius 2 is 1.17 bits per heavy atom. The number of hydrogen-bond donors (Lipinski definition) is 2. The van der Waals surface area contributed by atoms with Gasteiger partial charge in [-0.2, -0.15) is 12.6 Å². The van der Waals surface area contributed by atoms with Gasteiger partial charge in [0.25, 0.3) is 0 Å². The van der Waals surface area contributed by atoms with Crippen LogP contribution in [0.3, 0.4) is 0 Å². The van der Waals surface area contributed by atoms with Gasteiger partial charge in [0.15, 0.2) is 0 Å². The zero-order chi connectivity index (χ0) is 13.5. The quantitative estimate of drug-likeness (QED) is 0.322. The summed E-state index contributed by atoms with van der Waals surface area (Å²) in [5, 5.41) is 9.59. The second-order valence-corrected chi connectivity index (χ2v) is 5.94. The summed E-state index contributed by atoms with van der Waals surface area (Å²) >= 11 is 4.22. The van der Waals surface area contributed by atoms with Crippen LogP contribution in [-0.4, -0.2) is 17.0 Å². The molecule has 0 aromatic rings. The lowest BCUT2D eigenvalue weighted by Gasteiger charge is -2.08. The molecule has 0 rings (SSSR count). The van der Waals surface area contributed by atoms with E-state index in [0.717, 1.165) is 25.0 Å². The second kappa shape index (κ2) is 15.4. The summed E-state index contributed by atoms with van der Waals surface area (Å²) in [7, 11) is 0. The van der Waals surface area contributed by atoms with Crippen LogP contribution in [0.4, 0.5) is 0 Å². The normalized spacial score (nSPS) is 12.8. The van der Waals surface area contributed by atoms with E-state index in [2.05, 4.69) is 19.6 Å². The number of aliphatic hydroxyl groups excluding tert-OH is 1. The van der Waals surface area contributed by atoms with E-state index < -0.39 is 0 Å². The van der Waals surface area contributed by atoms with E-state index >= 15 is 0 Å². The Morgan fingerprint density at radius 3 is 1.61 bits per heavy atom. The van der Waals surface area contributed by atoms with Gasteiger partial charge in [0.1, 0.15) is 0 Å². The van der Waals surface area contributed by atoms with Crippen molar-refractivity contribution in [1.29, 1.82) is 0 Å². The molecule has 0 aliphatic carbocycles. The fourth-order valence-electron chi connectivity index (χ4n) is 2.38. The van der Waals surface area contributed by atoms with Gasteiger partial charge in [0.2, 0.25) is 0 Å². The number of unbranched alkanes of at least 4 members (excludes halogenated alkanes) is 9. The standard InChI is InChI=1S/C16H34OS/c1-2-13-16(17)14-11-9-7-5-3-4-6-8-10-12-15-18/h16-18H,2-15H2,1H3. The molecule has 2 heteroatoms. The molecule has 1 unspecified atom stereocenters. The molecule has 0 aliphatic rings. The molecule has 0 aromatic carbocycles. The van der Waals surface area contributed by atoms with Crippen molar-refractivity contribution in [2.75, 3.05) is 5.75 Å². The lowest BCUT2D eigenvalue weighted by atomic mass is 10.0. The van der Waals surface area contributed by atoms with Crippen molar-refractivity contribution in [2.24, 2.45) is 0 Å². The van der Waals surface area contributed by atoms with Crippen molar-refractivity contribution in [1.82, 2.24) is 0 Å². The van der Waals surface area contributed by atoms with Gasteiger partial charge in [-0.3, -0.25) is 0 Å². The van der Waals surface area contributed by atoms with Gasteiger partial charge in [-0.1, -0.05) is 71.1 Å². The predicted molar refractivity (Wildman–Crippen MR) is 85.6 cm³/mol. The second-order valence-electron chi connectivity index (χ2n) is 5.49. The van der Waals surface area contributed by atoms with E-state index in [4.69, 9.17) is 0 Å². The summed E-state index contributed by atoms with van der Waals surface area (Å²) in [6.45, 7) is 2.14. The first kappa shape index (κ1) is 18.3. The average Bonchev–Trinajstić information content (AvgIpc) is 2.36. The van der Waals surface area contributed by atoms with Gasteiger partial charge in [0.05, 0.1) is 6.10 Å². The van der Waals surface area contributed by atoms with Crippen LogP contribution >= 0.6 is 12.6 Å². The van der Waals surface area contributed by atoms with Crippen LogP contribution in [0.2, 0.25) is 0 Å². The van der Waals surface area contributed by atoms with Crippen LogP contribution in [-0.2, 0) is 0 Å². The van der Waals surface area contributed by atoms with Gasteiger partial charge < -0.3 is 5.11 Å². The minimum atomic E-state index is -0.0400. The highest BCUT2D eigenvalue weighted by atomic mass is 32.1. The molecule has 1 atom stereocenters. The molecular weight excluding hydrogens is 240 g/mol. The predicted octanol–water partition coefficient (Wildman–Crippen LogP) is 5.37. The van der Waals surface area contributed by atoms with E-state index in [1.54, 1.807) is 0 Å². The summed E-state index contributed by atoms with van der Waals surface area (Å²) in [6, 6.07) is 0. The Hall–Kier alpha value is 0.310. The van der Waals surface area contributed by atoms with Gasteiger partial charge >= 0.3 is 0 Å². The maximum atomic E-state index is 9.59. The molecule has 0 spiro atoms. The topological polar surface area (TPSA) is 20.2 Å². The van der Waals surface area contributed by atoms with Crippen molar-refractivity contribution in [3.05, 3.63) is 0 Å². The monoisotopic (exact) mass is 274 g/mol. The molecule has 110 valence electrons. The number of rotatable bonds is 14. The molecule has 0 aromatic heterocycles. The number of hydrogen-bond acceptors (Lipinski definition) is 2. The average molecular weight is 275 g/mol. The fourth-order valence-corrected chi connectivity index (χ4v) is 2.61. The third kappa shape index (κ3) is 14.4. The van der Waals surface area contributed by atoms with Crippen molar-refractivity contribution in [3.8, 4) is 0 Å². The SMILES string of the molecule is CCCC(O)CCCCCCCCCCCCS. The van der Waals surface area contributed by atoms with Crippen LogP contribution in [0.1, 0.15) is 90.4 Å². The minimum Gasteiger partial charge on any atom is -0.393 e. The van der Waals surface area contributed by atoms with Gasteiger partial charge in [-0.25, -0.2) is 0 Å². The summed E-state index contributed by atoms with van der Waals surface area (Å²) in [4.78, 5) is 0. The first-order chi connectivity index (χ1) is 8.81. The van der Waals surface area contributed by atoms with Crippen molar-refractivity contribution in [3.63, 3.8) is 0 Å². The molecule has 0 fully saturated rings. The Balaban J connectivity index is 2.98. The zero-order valence-corrected chi connectivity index (χ0v) is 13.3. The Labute approximate surface area is 120 Å². The largest absolute Gasteiger partial charge is 0.393 e. The van der Waals surface area contributed by atoms with Gasteiger partial charge in [-0.15, -0.1) is 0 Å². The molecule has 0 aliphatic heterocycles. The van der Waals surface area contributed by atoms with Crippen LogP contribution in [0.5, 0.6) is 0 Å². The highest BCUT2D eigenvalue weighted by molar-refractivity contribution is 7.80. The first-order valence-corrected chi connectivity index (χ1v) is 8.73. The maximum Gasteiger partial charge on any atom is 0.0540 e. The number of thiol groups is 1. The van der Waals surface area contributed by atoms with E-state index in [0.29, 0.717) is 0 Å². The summed E-state index contributed by atoms with van der Waals surface area (Å²) in [5.41, 5.74) is 0.